The molecule has 1 aliphatic rings. The number of hydrogen-bond acceptors (Lipinski definition) is 3. The van der Waals surface area contributed by atoms with E-state index in [-0.39, 0.29) is 5.56 Å². The zero-order valence-electron chi connectivity index (χ0n) is 12.7. The number of unbranched alkanes of at least 4 members (excludes halogenated alkanes) is 1. The van der Waals surface area contributed by atoms with Gasteiger partial charge in [-0.15, -0.1) is 0 Å². The Morgan fingerprint density at radius 2 is 2.05 bits per heavy atom. The van der Waals surface area contributed by atoms with Crippen molar-refractivity contribution in [2.45, 2.75) is 26.3 Å². The summed E-state index contributed by atoms with van der Waals surface area (Å²) in [4.78, 5) is 17.2. The second kappa shape index (κ2) is 5.13. The molecule has 112 valence electrons. The Morgan fingerprint density at radius 1 is 1.18 bits per heavy atom. The van der Waals surface area contributed by atoms with Crippen LogP contribution in [0.5, 0.6) is 0 Å². The molecule has 0 fully saturated rings. The molecule has 0 bridgehead atoms. The van der Waals surface area contributed by atoms with Crippen LogP contribution < -0.4 is 16.4 Å². The van der Waals surface area contributed by atoms with Crippen LogP contribution in [-0.4, -0.2) is 17.7 Å². The van der Waals surface area contributed by atoms with E-state index < -0.39 is 0 Å². The van der Waals surface area contributed by atoms with Gasteiger partial charge in [-0.3, -0.25) is 14.4 Å². The molecule has 2 aromatic carbocycles. The molecule has 0 saturated carbocycles. The Labute approximate surface area is 128 Å². The number of benzene rings is 2. The molecule has 0 amide bonds. The van der Waals surface area contributed by atoms with Gasteiger partial charge in [-0.1, -0.05) is 31.5 Å². The van der Waals surface area contributed by atoms with Gasteiger partial charge < -0.3 is 5.32 Å². The van der Waals surface area contributed by atoms with Gasteiger partial charge in [-0.2, -0.15) is 0 Å². The van der Waals surface area contributed by atoms with Crippen LogP contribution in [0.15, 0.2) is 40.1 Å². The zero-order chi connectivity index (χ0) is 15.1. The molecule has 1 aliphatic heterocycles. The number of pyridine rings is 1. The van der Waals surface area contributed by atoms with Gasteiger partial charge in [0.2, 0.25) is 0 Å². The molecule has 1 aromatic heterocycles. The van der Waals surface area contributed by atoms with Crippen molar-refractivity contribution in [3.05, 3.63) is 46.2 Å². The van der Waals surface area contributed by atoms with Gasteiger partial charge in [0.15, 0.2) is 0 Å². The molecule has 2 heterocycles. The molecule has 4 heteroatoms. The van der Waals surface area contributed by atoms with Crippen molar-refractivity contribution in [2.75, 3.05) is 18.4 Å². The molecule has 0 unspecified atom stereocenters. The van der Waals surface area contributed by atoms with Gasteiger partial charge >= 0.3 is 0 Å². The summed E-state index contributed by atoms with van der Waals surface area (Å²) in [7, 11) is 0. The summed E-state index contributed by atoms with van der Waals surface area (Å²) in [5.74, 6) is 0. The first kappa shape index (κ1) is 13.3. The summed E-state index contributed by atoms with van der Waals surface area (Å²) < 4.78 is 1.81. The van der Waals surface area contributed by atoms with E-state index >= 15 is 0 Å². The highest BCUT2D eigenvalue weighted by Crippen LogP contribution is 2.29. The number of nitrogens with zero attached hydrogens (tertiary/aromatic N) is 2. The second-order valence-electron chi connectivity index (χ2n) is 5.83. The Bertz CT molecular complexity index is 972. The van der Waals surface area contributed by atoms with E-state index in [1.807, 2.05) is 12.1 Å². The van der Waals surface area contributed by atoms with Crippen molar-refractivity contribution < 1.29 is 0 Å². The molecule has 4 rings (SSSR count). The zero-order valence-corrected chi connectivity index (χ0v) is 12.7. The molecule has 1 N–H and O–H groups in total. The summed E-state index contributed by atoms with van der Waals surface area (Å²) in [5, 5.41) is 7.55. The van der Waals surface area contributed by atoms with E-state index in [2.05, 4.69) is 35.4 Å². The smallest absolute Gasteiger partial charge is 0.260 e. The highest BCUT2D eigenvalue weighted by Gasteiger charge is 2.16. The maximum absolute atomic E-state index is 12.7. The lowest BCUT2D eigenvalue weighted by Crippen LogP contribution is -2.30. The van der Waals surface area contributed by atoms with Crippen molar-refractivity contribution in [1.82, 2.24) is 4.57 Å². The molecule has 0 aliphatic carbocycles. The summed E-state index contributed by atoms with van der Waals surface area (Å²) in [6.07, 6.45) is 2.31. The predicted molar refractivity (Wildman–Crippen MR) is 90.7 cm³/mol. The SMILES string of the molecule is CCCCNc1ccc2c(=O)n3c(c4cccc1c24)=NCC3. The third kappa shape index (κ3) is 1.83. The lowest BCUT2D eigenvalue weighted by atomic mass is 10.0. The minimum atomic E-state index is 0.0834. The van der Waals surface area contributed by atoms with Gasteiger partial charge in [-0.05, 0) is 18.6 Å². The number of rotatable bonds is 4. The largest absolute Gasteiger partial charge is 0.385 e. The Kier molecular flexibility index (Phi) is 3.10. The van der Waals surface area contributed by atoms with Crippen molar-refractivity contribution in [1.29, 1.82) is 0 Å². The topological polar surface area (TPSA) is 46.4 Å². The maximum Gasteiger partial charge on any atom is 0.260 e. The first-order valence-corrected chi connectivity index (χ1v) is 7.97. The third-order valence-electron chi connectivity index (χ3n) is 4.44. The molecule has 0 radical (unpaired) electrons. The maximum atomic E-state index is 12.7. The fraction of sp³-hybridized carbons (Fsp3) is 0.333. The minimum Gasteiger partial charge on any atom is -0.385 e. The van der Waals surface area contributed by atoms with Crippen LogP contribution in [0.3, 0.4) is 0 Å². The van der Waals surface area contributed by atoms with E-state index in [4.69, 9.17) is 0 Å². The first-order chi connectivity index (χ1) is 10.8. The fourth-order valence-electron chi connectivity index (χ4n) is 3.35. The Morgan fingerprint density at radius 3 is 2.91 bits per heavy atom. The molecule has 3 aromatic rings. The summed E-state index contributed by atoms with van der Waals surface area (Å²) in [6.45, 7) is 4.54. The van der Waals surface area contributed by atoms with Crippen LogP contribution in [0.25, 0.3) is 21.5 Å². The highest BCUT2D eigenvalue weighted by molar-refractivity contribution is 6.13. The Hall–Kier alpha value is -2.36. The van der Waals surface area contributed by atoms with E-state index in [0.29, 0.717) is 13.1 Å². The lowest BCUT2D eigenvalue weighted by Gasteiger charge is -2.13. The van der Waals surface area contributed by atoms with Gasteiger partial charge in [-0.25, -0.2) is 0 Å². The molecular weight excluding hydrogens is 274 g/mol. The van der Waals surface area contributed by atoms with Crippen LogP contribution >= 0.6 is 0 Å². The van der Waals surface area contributed by atoms with Gasteiger partial charge in [0.1, 0.15) is 5.49 Å². The Balaban J connectivity index is 2.04. The molecule has 4 nitrogen and oxygen atoms in total. The number of anilines is 1. The minimum absolute atomic E-state index is 0.0834. The number of hydrogen-bond donors (Lipinski definition) is 1. The molecule has 0 spiro atoms. The third-order valence-corrected chi connectivity index (χ3v) is 4.44. The number of fused-ring (bicyclic) bond motifs is 2. The van der Waals surface area contributed by atoms with Crippen LogP contribution in [0, 0.1) is 0 Å². The second-order valence-corrected chi connectivity index (χ2v) is 5.83. The van der Waals surface area contributed by atoms with E-state index in [1.165, 1.54) is 6.42 Å². The number of aromatic nitrogens is 1. The monoisotopic (exact) mass is 293 g/mol. The van der Waals surface area contributed by atoms with Crippen LogP contribution in [-0.2, 0) is 6.54 Å². The molecule has 22 heavy (non-hydrogen) atoms. The van der Waals surface area contributed by atoms with Gasteiger partial charge in [0.25, 0.3) is 5.56 Å². The van der Waals surface area contributed by atoms with E-state index in [0.717, 1.165) is 45.7 Å². The summed E-state index contributed by atoms with van der Waals surface area (Å²) in [6, 6.07) is 10.2. The molecular formula is C18H19N3O. The van der Waals surface area contributed by atoms with Crippen molar-refractivity contribution in [3.8, 4) is 0 Å². The average Bonchev–Trinajstić information content (AvgIpc) is 3.03. The molecule has 0 saturated heterocycles. The normalized spacial score (nSPS) is 13.5. The molecule has 0 atom stereocenters. The van der Waals surface area contributed by atoms with Crippen molar-refractivity contribution >= 4 is 27.2 Å². The van der Waals surface area contributed by atoms with Crippen molar-refractivity contribution in [2.24, 2.45) is 4.99 Å². The standard InChI is InChI=1S/C18H19N3O/c1-2-3-9-19-15-8-7-14-16-12(15)5-4-6-13(16)17-20-10-11-21(17)18(14)22/h4-8,19H,2-3,9-11H2,1H3. The van der Waals surface area contributed by atoms with E-state index in [1.54, 1.807) is 4.57 Å². The quantitative estimate of drug-likeness (QED) is 0.752. The lowest BCUT2D eigenvalue weighted by molar-refractivity contribution is 0.738. The van der Waals surface area contributed by atoms with Gasteiger partial charge in [0, 0.05) is 40.3 Å². The van der Waals surface area contributed by atoms with Crippen molar-refractivity contribution in [3.63, 3.8) is 0 Å². The number of nitrogens with one attached hydrogen (secondary N) is 1. The van der Waals surface area contributed by atoms with Gasteiger partial charge in [0.05, 0.1) is 6.54 Å². The average molecular weight is 293 g/mol. The van der Waals surface area contributed by atoms with E-state index in [9.17, 15) is 4.79 Å². The highest BCUT2D eigenvalue weighted by atomic mass is 16.1. The van der Waals surface area contributed by atoms with Crippen LogP contribution in [0.2, 0.25) is 0 Å². The summed E-state index contributed by atoms with van der Waals surface area (Å²) >= 11 is 0. The van der Waals surface area contributed by atoms with Crippen LogP contribution in [0.4, 0.5) is 5.69 Å². The fourth-order valence-corrected chi connectivity index (χ4v) is 3.35. The first-order valence-electron chi connectivity index (χ1n) is 7.97. The predicted octanol–water partition coefficient (Wildman–Crippen LogP) is 2.72. The summed E-state index contributed by atoms with van der Waals surface area (Å²) in [5.41, 5.74) is 2.03. The van der Waals surface area contributed by atoms with Crippen LogP contribution in [0.1, 0.15) is 19.8 Å².